The van der Waals surface area contributed by atoms with Crippen molar-refractivity contribution in [1.29, 1.82) is 0 Å². The Morgan fingerprint density at radius 3 is 2.64 bits per heavy atom. The Labute approximate surface area is 67.3 Å². The summed E-state index contributed by atoms with van der Waals surface area (Å²) in [7, 11) is 0. The summed E-state index contributed by atoms with van der Waals surface area (Å²) < 4.78 is 4.95. The zero-order valence-electron chi connectivity index (χ0n) is 7.39. The molecule has 0 spiro atoms. The summed E-state index contributed by atoms with van der Waals surface area (Å²) in [5, 5.41) is 0. The van der Waals surface area contributed by atoms with Crippen LogP contribution >= 0.6 is 0 Å². The van der Waals surface area contributed by atoms with Crippen molar-refractivity contribution in [2.75, 3.05) is 13.2 Å². The standard InChI is InChI=1S/C8H15NO2/c1-4-8(3)6-11-7(10)9(8)5-2/h4-6H2,1-3H3. The number of amides is 1. The zero-order valence-corrected chi connectivity index (χ0v) is 7.39. The second-order valence-electron chi connectivity index (χ2n) is 3.15. The Hall–Kier alpha value is -0.730. The molecule has 0 aromatic heterocycles. The van der Waals surface area contributed by atoms with Crippen LogP contribution in [0.25, 0.3) is 0 Å². The van der Waals surface area contributed by atoms with Gasteiger partial charge in [-0.25, -0.2) is 4.79 Å². The van der Waals surface area contributed by atoms with Gasteiger partial charge in [-0.1, -0.05) is 6.92 Å². The number of nitrogens with zero attached hydrogens (tertiary/aromatic N) is 1. The van der Waals surface area contributed by atoms with Crippen LogP contribution in [0.2, 0.25) is 0 Å². The molecule has 1 atom stereocenters. The Morgan fingerprint density at radius 1 is 1.64 bits per heavy atom. The molecule has 1 unspecified atom stereocenters. The molecule has 1 rings (SSSR count). The second kappa shape index (κ2) is 2.72. The highest BCUT2D eigenvalue weighted by Gasteiger charge is 2.40. The van der Waals surface area contributed by atoms with Crippen LogP contribution in [0.3, 0.4) is 0 Å². The molecule has 0 radical (unpaired) electrons. The van der Waals surface area contributed by atoms with Crippen LogP contribution in [0, 0.1) is 0 Å². The predicted octanol–water partition coefficient (Wildman–Crippen LogP) is 1.63. The largest absolute Gasteiger partial charge is 0.447 e. The number of ether oxygens (including phenoxy) is 1. The SMILES string of the molecule is CCN1C(=O)OCC1(C)CC. The number of cyclic esters (lactones) is 1. The second-order valence-corrected chi connectivity index (χ2v) is 3.15. The minimum absolute atomic E-state index is 0.0637. The predicted molar refractivity (Wildman–Crippen MR) is 42.4 cm³/mol. The van der Waals surface area contributed by atoms with E-state index in [2.05, 4.69) is 13.8 Å². The van der Waals surface area contributed by atoms with Gasteiger partial charge >= 0.3 is 6.09 Å². The lowest BCUT2D eigenvalue weighted by Gasteiger charge is -2.29. The van der Waals surface area contributed by atoms with Crippen molar-refractivity contribution in [2.45, 2.75) is 32.7 Å². The van der Waals surface area contributed by atoms with E-state index in [9.17, 15) is 4.79 Å². The smallest absolute Gasteiger partial charge is 0.410 e. The number of carbonyl (C=O) groups is 1. The van der Waals surface area contributed by atoms with E-state index in [0.717, 1.165) is 13.0 Å². The molecule has 0 N–H and O–H groups in total. The number of hydrogen-bond acceptors (Lipinski definition) is 2. The van der Waals surface area contributed by atoms with Gasteiger partial charge in [0.05, 0.1) is 5.54 Å². The lowest BCUT2D eigenvalue weighted by atomic mass is 9.99. The molecule has 3 heteroatoms. The van der Waals surface area contributed by atoms with Gasteiger partial charge in [0.15, 0.2) is 0 Å². The Balaban J connectivity index is 2.75. The fourth-order valence-corrected chi connectivity index (χ4v) is 1.40. The van der Waals surface area contributed by atoms with Crippen LogP contribution in [0.15, 0.2) is 0 Å². The fraction of sp³-hybridized carbons (Fsp3) is 0.875. The van der Waals surface area contributed by atoms with Crippen molar-refractivity contribution in [3.63, 3.8) is 0 Å². The topological polar surface area (TPSA) is 29.5 Å². The van der Waals surface area contributed by atoms with E-state index in [4.69, 9.17) is 4.74 Å². The maximum atomic E-state index is 11.1. The molecular formula is C8H15NO2. The van der Waals surface area contributed by atoms with Crippen molar-refractivity contribution in [3.8, 4) is 0 Å². The third kappa shape index (κ3) is 1.19. The summed E-state index contributed by atoms with van der Waals surface area (Å²) >= 11 is 0. The first-order chi connectivity index (χ1) is 5.14. The molecule has 0 aliphatic carbocycles. The maximum Gasteiger partial charge on any atom is 0.410 e. The first-order valence-corrected chi connectivity index (χ1v) is 4.08. The first-order valence-electron chi connectivity index (χ1n) is 4.08. The molecule has 0 bridgehead atoms. The Morgan fingerprint density at radius 2 is 2.27 bits per heavy atom. The summed E-state index contributed by atoms with van der Waals surface area (Å²) in [6, 6.07) is 0. The van der Waals surface area contributed by atoms with E-state index in [0.29, 0.717) is 6.61 Å². The van der Waals surface area contributed by atoms with Gasteiger partial charge in [0.25, 0.3) is 0 Å². The highest BCUT2D eigenvalue weighted by Crippen LogP contribution is 2.26. The summed E-state index contributed by atoms with van der Waals surface area (Å²) in [4.78, 5) is 12.9. The molecule has 1 fully saturated rings. The summed E-state index contributed by atoms with van der Waals surface area (Å²) in [6.07, 6.45) is 0.781. The molecule has 64 valence electrons. The van der Waals surface area contributed by atoms with Crippen LogP contribution in [-0.4, -0.2) is 29.7 Å². The molecule has 0 saturated carbocycles. The number of rotatable bonds is 2. The van der Waals surface area contributed by atoms with Crippen molar-refractivity contribution >= 4 is 6.09 Å². The summed E-state index contributed by atoms with van der Waals surface area (Å²) in [5.74, 6) is 0. The third-order valence-corrected chi connectivity index (χ3v) is 2.46. The van der Waals surface area contributed by atoms with E-state index >= 15 is 0 Å². The zero-order chi connectivity index (χ0) is 8.48. The minimum Gasteiger partial charge on any atom is -0.447 e. The van der Waals surface area contributed by atoms with Gasteiger partial charge in [-0.2, -0.15) is 0 Å². The first kappa shape index (κ1) is 8.37. The molecule has 1 aliphatic rings. The molecular weight excluding hydrogens is 142 g/mol. The minimum atomic E-state index is -0.170. The highest BCUT2D eigenvalue weighted by atomic mass is 16.6. The number of carbonyl (C=O) groups excluding carboxylic acids is 1. The van der Waals surface area contributed by atoms with Gasteiger partial charge in [-0.15, -0.1) is 0 Å². The van der Waals surface area contributed by atoms with Gasteiger partial charge in [0.1, 0.15) is 6.61 Å². The number of hydrogen-bond donors (Lipinski definition) is 0. The molecule has 1 saturated heterocycles. The average molecular weight is 157 g/mol. The Kier molecular flexibility index (Phi) is 2.07. The van der Waals surface area contributed by atoms with Gasteiger partial charge in [-0.05, 0) is 20.3 Å². The van der Waals surface area contributed by atoms with Crippen LogP contribution in [0.1, 0.15) is 27.2 Å². The van der Waals surface area contributed by atoms with Crippen molar-refractivity contribution in [3.05, 3.63) is 0 Å². The van der Waals surface area contributed by atoms with Crippen molar-refractivity contribution in [2.24, 2.45) is 0 Å². The molecule has 1 amide bonds. The van der Waals surface area contributed by atoms with Crippen LogP contribution < -0.4 is 0 Å². The van der Waals surface area contributed by atoms with E-state index < -0.39 is 0 Å². The highest BCUT2D eigenvalue weighted by molar-refractivity contribution is 5.70. The van der Waals surface area contributed by atoms with Crippen molar-refractivity contribution < 1.29 is 9.53 Å². The lowest BCUT2D eigenvalue weighted by Crippen LogP contribution is -2.43. The van der Waals surface area contributed by atoms with E-state index in [1.165, 1.54) is 0 Å². The molecule has 0 aromatic rings. The number of likely N-dealkylation sites (N-methyl/N-ethyl adjacent to an activating group) is 1. The van der Waals surface area contributed by atoms with Gasteiger partial charge in [0, 0.05) is 6.54 Å². The van der Waals surface area contributed by atoms with Gasteiger partial charge in [0.2, 0.25) is 0 Å². The summed E-state index contributed by atoms with van der Waals surface area (Å²) in [5.41, 5.74) is -0.0637. The molecule has 1 aliphatic heterocycles. The van der Waals surface area contributed by atoms with E-state index in [1.807, 2.05) is 6.92 Å². The monoisotopic (exact) mass is 157 g/mol. The third-order valence-electron chi connectivity index (χ3n) is 2.46. The van der Waals surface area contributed by atoms with Crippen molar-refractivity contribution in [1.82, 2.24) is 4.90 Å². The van der Waals surface area contributed by atoms with Gasteiger partial charge < -0.3 is 4.74 Å². The fourth-order valence-electron chi connectivity index (χ4n) is 1.40. The lowest BCUT2D eigenvalue weighted by molar-refractivity contribution is 0.155. The average Bonchev–Trinajstić information content (AvgIpc) is 2.29. The summed E-state index contributed by atoms with van der Waals surface area (Å²) in [6.45, 7) is 7.38. The molecule has 1 heterocycles. The van der Waals surface area contributed by atoms with Crippen LogP contribution in [0.4, 0.5) is 4.79 Å². The van der Waals surface area contributed by atoms with E-state index in [-0.39, 0.29) is 11.6 Å². The molecule has 3 nitrogen and oxygen atoms in total. The molecule has 11 heavy (non-hydrogen) atoms. The van der Waals surface area contributed by atoms with Gasteiger partial charge in [-0.3, -0.25) is 4.90 Å². The molecule has 0 aromatic carbocycles. The maximum absolute atomic E-state index is 11.1. The quantitative estimate of drug-likeness (QED) is 0.609. The normalized spacial score (nSPS) is 30.8. The Bertz CT molecular complexity index is 169. The van der Waals surface area contributed by atoms with Crippen LogP contribution in [-0.2, 0) is 4.74 Å². The van der Waals surface area contributed by atoms with Crippen LogP contribution in [0.5, 0.6) is 0 Å². The van der Waals surface area contributed by atoms with E-state index in [1.54, 1.807) is 4.90 Å².